The molecule has 1 saturated heterocycles. The zero-order valence-electron chi connectivity index (χ0n) is 14.2. The normalized spacial score (nSPS) is 14.4. The summed E-state index contributed by atoms with van der Waals surface area (Å²) in [5.41, 5.74) is 3.30. The molecule has 0 atom stereocenters. The standard InChI is InChI=1S/C20H19N3O3/c24-20(25)19-14-18(21-23(19)17-4-2-1-3-5-17)15-6-8-16(9-7-15)22-10-12-26-13-11-22/h1-9,14H,10-13H2,(H,24,25)/p-1. The lowest BCUT2D eigenvalue weighted by Crippen LogP contribution is -2.36. The number of carbonyl (C=O) groups is 1. The van der Waals surface area contributed by atoms with Crippen molar-refractivity contribution in [2.75, 3.05) is 31.2 Å². The van der Waals surface area contributed by atoms with E-state index in [9.17, 15) is 9.90 Å². The van der Waals surface area contributed by atoms with Crippen LogP contribution in [0.5, 0.6) is 0 Å². The molecule has 0 aliphatic carbocycles. The van der Waals surface area contributed by atoms with Crippen LogP contribution in [-0.4, -0.2) is 42.1 Å². The van der Waals surface area contributed by atoms with Crippen LogP contribution >= 0.6 is 0 Å². The average Bonchev–Trinajstić information content (AvgIpc) is 3.15. The van der Waals surface area contributed by atoms with Crippen molar-refractivity contribution in [3.63, 3.8) is 0 Å². The molecule has 4 rings (SSSR count). The first-order valence-electron chi connectivity index (χ1n) is 8.52. The number of aromatic carboxylic acids is 1. The van der Waals surface area contributed by atoms with E-state index < -0.39 is 5.97 Å². The van der Waals surface area contributed by atoms with Gasteiger partial charge in [0.2, 0.25) is 0 Å². The average molecular weight is 348 g/mol. The number of hydrogen-bond donors (Lipinski definition) is 0. The van der Waals surface area contributed by atoms with E-state index in [1.165, 1.54) is 4.68 Å². The SMILES string of the molecule is O=C([O-])c1cc(-c2ccc(N3CCOCC3)cc2)nn1-c1ccccc1. The third-order valence-corrected chi connectivity index (χ3v) is 4.46. The van der Waals surface area contributed by atoms with E-state index in [2.05, 4.69) is 10.00 Å². The lowest BCUT2D eigenvalue weighted by Gasteiger charge is -2.28. The molecule has 1 aliphatic heterocycles. The molecule has 0 bridgehead atoms. The summed E-state index contributed by atoms with van der Waals surface area (Å²) >= 11 is 0. The molecule has 0 N–H and O–H groups in total. The first-order valence-corrected chi connectivity index (χ1v) is 8.52. The third kappa shape index (κ3) is 3.19. The number of carbonyl (C=O) groups excluding carboxylic acids is 1. The molecule has 132 valence electrons. The Morgan fingerprint density at radius 2 is 1.65 bits per heavy atom. The van der Waals surface area contributed by atoms with E-state index in [1.54, 1.807) is 6.07 Å². The van der Waals surface area contributed by atoms with Gasteiger partial charge >= 0.3 is 0 Å². The largest absolute Gasteiger partial charge is 0.543 e. The Kier molecular flexibility index (Phi) is 4.41. The van der Waals surface area contributed by atoms with Gasteiger partial charge in [0.25, 0.3) is 0 Å². The van der Waals surface area contributed by atoms with E-state index in [0.29, 0.717) is 11.4 Å². The quantitative estimate of drug-likeness (QED) is 0.718. The molecule has 0 amide bonds. The topological polar surface area (TPSA) is 70.4 Å². The van der Waals surface area contributed by atoms with Crippen LogP contribution in [-0.2, 0) is 4.74 Å². The van der Waals surface area contributed by atoms with E-state index >= 15 is 0 Å². The first-order chi connectivity index (χ1) is 12.7. The summed E-state index contributed by atoms with van der Waals surface area (Å²) in [6.07, 6.45) is 0. The van der Waals surface area contributed by atoms with Gasteiger partial charge in [0, 0.05) is 24.3 Å². The molecule has 1 aliphatic rings. The second-order valence-electron chi connectivity index (χ2n) is 6.10. The number of rotatable bonds is 4. The number of aromatic nitrogens is 2. The van der Waals surface area contributed by atoms with E-state index in [4.69, 9.17) is 4.74 Å². The number of carboxylic acid groups (broad SMARTS) is 1. The lowest BCUT2D eigenvalue weighted by molar-refractivity contribution is -0.255. The molecular formula is C20H18N3O3-. The summed E-state index contributed by atoms with van der Waals surface area (Å²) in [6.45, 7) is 3.21. The van der Waals surface area contributed by atoms with E-state index in [1.807, 2.05) is 54.6 Å². The molecule has 2 heterocycles. The molecule has 0 unspecified atom stereocenters. The number of benzene rings is 2. The summed E-state index contributed by atoms with van der Waals surface area (Å²) in [6, 6.07) is 18.7. The Hall–Kier alpha value is -3.12. The highest BCUT2D eigenvalue weighted by Gasteiger charge is 2.14. The molecule has 2 aromatic carbocycles. The molecule has 1 aromatic heterocycles. The molecule has 6 heteroatoms. The van der Waals surface area contributed by atoms with Crippen LogP contribution in [0.2, 0.25) is 0 Å². The maximum atomic E-state index is 11.5. The zero-order chi connectivity index (χ0) is 17.9. The van der Waals surface area contributed by atoms with Crippen molar-refractivity contribution in [2.24, 2.45) is 0 Å². The number of anilines is 1. The van der Waals surface area contributed by atoms with Crippen molar-refractivity contribution >= 4 is 11.7 Å². The Morgan fingerprint density at radius 3 is 2.31 bits per heavy atom. The van der Waals surface area contributed by atoms with Crippen molar-refractivity contribution in [3.05, 3.63) is 66.4 Å². The van der Waals surface area contributed by atoms with Gasteiger partial charge in [0.05, 0.1) is 36.3 Å². The van der Waals surface area contributed by atoms with Crippen LogP contribution in [0.4, 0.5) is 5.69 Å². The smallest absolute Gasteiger partial charge is 0.0934 e. The molecule has 0 spiro atoms. The van der Waals surface area contributed by atoms with Crippen LogP contribution in [0.3, 0.4) is 0 Å². The summed E-state index contributed by atoms with van der Waals surface area (Å²) in [4.78, 5) is 13.8. The Bertz CT molecular complexity index is 898. The van der Waals surface area contributed by atoms with Crippen molar-refractivity contribution in [1.29, 1.82) is 0 Å². The van der Waals surface area contributed by atoms with Crippen molar-refractivity contribution in [2.45, 2.75) is 0 Å². The zero-order valence-corrected chi connectivity index (χ0v) is 14.2. The van der Waals surface area contributed by atoms with Crippen LogP contribution < -0.4 is 10.0 Å². The van der Waals surface area contributed by atoms with Crippen LogP contribution in [0.1, 0.15) is 10.5 Å². The van der Waals surface area contributed by atoms with Gasteiger partial charge in [-0.2, -0.15) is 5.10 Å². The predicted molar refractivity (Wildman–Crippen MR) is 96.4 cm³/mol. The number of ether oxygens (including phenoxy) is 1. The molecule has 1 fully saturated rings. The first kappa shape index (κ1) is 16.4. The summed E-state index contributed by atoms with van der Waals surface area (Å²) in [5, 5.41) is 16.0. The van der Waals surface area contributed by atoms with Gasteiger partial charge in [-0.1, -0.05) is 30.3 Å². The number of morpholine rings is 1. The number of hydrogen-bond acceptors (Lipinski definition) is 5. The molecule has 0 saturated carbocycles. The minimum absolute atomic E-state index is 0.0310. The highest BCUT2D eigenvalue weighted by atomic mass is 16.5. The van der Waals surface area contributed by atoms with Gasteiger partial charge in [-0.3, -0.25) is 0 Å². The second-order valence-corrected chi connectivity index (χ2v) is 6.10. The summed E-state index contributed by atoms with van der Waals surface area (Å²) in [7, 11) is 0. The minimum Gasteiger partial charge on any atom is -0.543 e. The highest BCUT2D eigenvalue weighted by Crippen LogP contribution is 2.25. The van der Waals surface area contributed by atoms with Gasteiger partial charge in [0.15, 0.2) is 0 Å². The van der Waals surface area contributed by atoms with Crippen molar-refractivity contribution < 1.29 is 14.6 Å². The maximum absolute atomic E-state index is 11.5. The number of carboxylic acids is 1. The van der Waals surface area contributed by atoms with Gasteiger partial charge in [-0.05, 0) is 30.3 Å². The van der Waals surface area contributed by atoms with Gasteiger partial charge in [-0.25, -0.2) is 4.68 Å². The van der Waals surface area contributed by atoms with E-state index in [-0.39, 0.29) is 5.69 Å². The van der Waals surface area contributed by atoms with Gasteiger partial charge < -0.3 is 19.5 Å². The fourth-order valence-electron chi connectivity index (χ4n) is 3.10. The van der Waals surface area contributed by atoms with Gasteiger partial charge in [-0.15, -0.1) is 0 Å². The van der Waals surface area contributed by atoms with Crippen LogP contribution in [0, 0.1) is 0 Å². The van der Waals surface area contributed by atoms with Crippen molar-refractivity contribution in [1.82, 2.24) is 9.78 Å². The predicted octanol–water partition coefficient (Wildman–Crippen LogP) is 1.74. The molecule has 0 radical (unpaired) electrons. The molecule has 26 heavy (non-hydrogen) atoms. The monoisotopic (exact) mass is 348 g/mol. The number of para-hydroxylation sites is 1. The fraction of sp³-hybridized carbons (Fsp3) is 0.200. The van der Waals surface area contributed by atoms with E-state index in [0.717, 1.165) is 37.6 Å². The highest BCUT2D eigenvalue weighted by molar-refractivity contribution is 5.86. The Morgan fingerprint density at radius 1 is 0.962 bits per heavy atom. The number of nitrogens with zero attached hydrogens (tertiary/aromatic N) is 3. The molecule has 3 aromatic rings. The maximum Gasteiger partial charge on any atom is 0.0934 e. The molecule has 6 nitrogen and oxygen atoms in total. The van der Waals surface area contributed by atoms with Crippen LogP contribution in [0.25, 0.3) is 16.9 Å². The lowest BCUT2D eigenvalue weighted by atomic mass is 10.1. The molecular weight excluding hydrogens is 330 g/mol. The fourth-order valence-corrected chi connectivity index (χ4v) is 3.10. The Labute approximate surface area is 151 Å². The summed E-state index contributed by atoms with van der Waals surface area (Å²) in [5.74, 6) is -1.25. The van der Waals surface area contributed by atoms with Gasteiger partial charge in [0.1, 0.15) is 0 Å². The summed E-state index contributed by atoms with van der Waals surface area (Å²) < 4.78 is 6.78. The Balaban J connectivity index is 1.66. The van der Waals surface area contributed by atoms with Crippen LogP contribution in [0.15, 0.2) is 60.7 Å². The third-order valence-electron chi connectivity index (χ3n) is 4.46. The second kappa shape index (κ2) is 7.01. The minimum atomic E-state index is -1.25. The van der Waals surface area contributed by atoms with Crippen molar-refractivity contribution in [3.8, 4) is 16.9 Å².